The van der Waals surface area contributed by atoms with E-state index in [1.165, 1.54) is 36.6 Å². The summed E-state index contributed by atoms with van der Waals surface area (Å²) in [6.45, 7) is 2.07. The Balaban J connectivity index is 1.44. The first-order valence-electron chi connectivity index (χ1n) is 10.8. The molecule has 0 bridgehead atoms. The van der Waals surface area contributed by atoms with E-state index in [2.05, 4.69) is 56.5 Å². The van der Waals surface area contributed by atoms with E-state index in [-0.39, 0.29) is 11.7 Å². The fourth-order valence-electron chi connectivity index (χ4n) is 3.83. The van der Waals surface area contributed by atoms with Crippen LogP contribution < -0.4 is 5.43 Å². The molecule has 6 nitrogen and oxygen atoms in total. The Labute approximate surface area is 197 Å². The third-order valence-electron chi connectivity index (χ3n) is 5.52. The van der Waals surface area contributed by atoms with Crippen molar-refractivity contribution in [2.45, 2.75) is 50.2 Å². The van der Waals surface area contributed by atoms with Gasteiger partial charge in [-0.15, -0.1) is 10.2 Å². The Kier molecular flexibility index (Phi) is 7.60. The number of hydrazone groups is 1. The van der Waals surface area contributed by atoms with Crippen molar-refractivity contribution in [1.29, 1.82) is 0 Å². The predicted octanol–water partition coefficient (Wildman–Crippen LogP) is 5.65. The van der Waals surface area contributed by atoms with Crippen LogP contribution in [0.1, 0.15) is 49.3 Å². The highest BCUT2D eigenvalue weighted by molar-refractivity contribution is 7.99. The molecule has 3 aromatic rings. The fourth-order valence-corrected chi connectivity index (χ4v) is 4.76. The molecule has 1 heterocycles. The minimum Gasteiger partial charge on any atom is -0.299 e. The molecule has 1 aliphatic rings. The maximum Gasteiger partial charge on any atom is 0.250 e. The van der Waals surface area contributed by atoms with Crippen LogP contribution in [0.25, 0.3) is 11.4 Å². The molecule has 1 saturated carbocycles. The van der Waals surface area contributed by atoms with Gasteiger partial charge in [0.25, 0.3) is 5.91 Å². The van der Waals surface area contributed by atoms with Gasteiger partial charge in [-0.05, 0) is 37.5 Å². The number of amides is 1. The summed E-state index contributed by atoms with van der Waals surface area (Å²) in [5.74, 6) is 0.910. The van der Waals surface area contributed by atoms with Crippen molar-refractivity contribution < 1.29 is 4.79 Å². The van der Waals surface area contributed by atoms with Crippen LogP contribution in [0.5, 0.6) is 0 Å². The number of benzene rings is 2. The van der Waals surface area contributed by atoms with E-state index < -0.39 is 0 Å². The second-order valence-corrected chi connectivity index (χ2v) is 9.35. The Bertz CT molecular complexity index is 1070. The molecule has 0 aliphatic heterocycles. The molecule has 1 fully saturated rings. The van der Waals surface area contributed by atoms with Crippen molar-refractivity contribution in [1.82, 2.24) is 20.2 Å². The largest absolute Gasteiger partial charge is 0.299 e. The molecule has 2 aromatic carbocycles. The molecule has 1 amide bonds. The monoisotopic (exact) mass is 467 g/mol. The second-order valence-electron chi connectivity index (χ2n) is 7.97. The van der Waals surface area contributed by atoms with Gasteiger partial charge >= 0.3 is 0 Å². The Morgan fingerprint density at radius 2 is 1.84 bits per heavy atom. The summed E-state index contributed by atoms with van der Waals surface area (Å²) < 4.78 is 2.23. The van der Waals surface area contributed by atoms with Gasteiger partial charge < -0.3 is 0 Å². The maximum atomic E-state index is 12.3. The number of thioether (sulfide) groups is 1. The maximum absolute atomic E-state index is 12.3. The molecule has 4 rings (SSSR count). The number of carbonyl (C=O) groups is 1. The van der Waals surface area contributed by atoms with Crippen LogP contribution in [0.3, 0.4) is 0 Å². The van der Waals surface area contributed by atoms with Crippen LogP contribution in [0.4, 0.5) is 0 Å². The number of carbonyl (C=O) groups excluding carboxylic acids is 1. The zero-order valence-corrected chi connectivity index (χ0v) is 19.6. The fraction of sp³-hybridized carbons (Fsp3) is 0.333. The van der Waals surface area contributed by atoms with E-state index in [1.54, 1.807) is 18.3 Å². The molecule has 1 aliphatic carbocycles. The van der Waals surface area contributed by atoms with Crippen molar-refractivity contribution in [2.24, 2.45) is 5.10 Å². The third-order valence-corrected chi connectivity index (χ3v) is 6.71. The van der Waals surface area contributed by atoms with Gasteiger partial charge in [0.15, 0.2) is 11.0 Å². The molecule has 0 radical (unpaired) electrons. The summed E-state index contributed by atoms with van der Waals surface area (Å²) in [7, 11) is 0. The molecule has 0 saturated heterocycles. The molecule has 1 N–H and O–H groups in total. The van der Waals surface area contributed by atoms with Gasteiger partial charge in [0, 0.05) is 16.6 Å². The molecular formula is C24H26ClN5OS. The van der Waals surface area contributed by atoms with Crippen molar-refractivity contribution in [2.75, 3.05) is 5.75 Å². The number of hydrogen-bond acceptors (Lipinski definition) is 5. The predicted molar refractivity (Wildman–Crippen MR) is 130 cm³/mol. The number of nitrogens with one attached hydrogen (secondary N) is 1. The number of aromatic nitrogens is 3. The van der Waals surface area contributed by atoms with E-state index in [4.69, 9.17) is 11.6 Å². The van der Waals surface area contributed by atoms with Crippen LogP contribution in [0.15, 0.2) is 58.8 Å². The lowest BCUT2D eigenvalue weighted by molar-refractivity contribution is -0.118. The minimum absolute atomic E-state index is 0.185. The summed E-state index contributed by atoms with van der Waals surface area (Å²) in [6, 6.07) is 16.0. The minimum atomic E-state index is -0.185. The standard InChI is InChI=1S/C24H26ClN5OS/c1-17-7-11-19(12-8-17)23-28-29-24(30(23)21-5-3-2-4-6-21)32-16-22(31)27-26-15-18-9-13-20(25)14-10-18/h7-15,21H,2-6,16H2,1H3,(H,27,31)/b26-15-. The lowest BCUT2D eigenvalue weighted by atomic mass is 9.95. The Hall–Kier alpha value is -2.64. The average molecular weight is 468 g/mol. The molecule has 0 spiro atoms. The quantitative estimate of drug-likeness (QED) is 0.276. The smallest absolute Gasteiger partial charge is 0.250 e. The van der Waals surface area contributed by atoms with E-state index in [1.807, 2.05) is 12.1 Å². The van der Waals surface area contributed by atoms with Crippen LogP contribution in [0, 0.1) is 6.92 Å². The number of nitrogens with zero attached hydrogens (tertiary/aromatic N) is 4. The summed E-state index contributed by atoms with van der Waals surface area (Å²) in [5.41, 5.74) is 5.71. The molecule has 32 heavy (non-hydrogen) atoms. The average Bonchev–Trinajstić information content (AvgIpc) is 3.24. The van der Waals surface area contributed by atoms with Crippen molar-refractivity contribution >= 4 is 35.5 Å². The normalized spacial score (nSPS) is 14.7. The van der Waals surface area contributed by atoms with Crippen LogP contribution >= 0.6 is 23.4 Å². The van der Waals surface area contributed by atoms with Crippen LogP contribution in [-0.4, -0.2) is 32.6 Å². The van der Waals surface area contributed by atoms with E-state index in [0.29, 0.717) is 11.1 Å². The first-order chi connectivity index (χ1) is 15.6. The van der Waals surface area contributed by atoms with Crippen molar-refractivity contribution in [3.05, 3.63) is 64.7 Å². The second kappa shape index (κ2) is 10.8. The van der Waals surface area contributed by atoms with Gasteiger partial charge in [0.2, 0.25) is 0 Å². The number of hydrogen-bond donors (Lipinski definition) is 1. The van der Waals surface area contributed by atoms with Gasteiger partial charge in [-0.3, -0.25) is 9.36 Å². The highest BCUT2D eigenvalue weighted by atomic mass is 35.5. The number of halogens is 1. The van der Waals surface area contributed by atoms with E-state index in [0.717, 1.165) is 34.9 Å². The van der Waals surface area contributed by atoms with Crippen LogP contribution in [0.2, 0.25) is 5.02 Å². The molecular weight excluding hydrogens is 442 g/mol. The third kappa shape index (κ3) is 5.78. The highest BCUT2D eigenvalue weighted by Crippen LogP contribution is 2.35. The number of aryl methyl sites for hydroxylation is 1. The van der Waals surface area contributed by atoms with Gasteiger partial charge in [0.05, 0.1) is 12.0 Å². The highest BCUT2D eigenvalue weighted by Gasteiger charge is 2.24. The Morgan fingerprint density at radius 1 is 1.12 bits per heavy atom. The first-order valence-corrected chi connectivity index (χ1v) is 12.2. The van der Waals surface area contributed by atoms with E-state index >= 15 is 0 Å². The summed E-state index contributed by atoms with van der Waals surface area (Å²) in [6.07, 6.45) is 7.51. The van der Waals surface area contributed by atoms with E-state index in [9.17, 15) is 4.79 Å². The van der Waals surface area contributed by atoms with Crippen molar-refractivity contribution in [3.63, 3.8) is 0 Å². The Morgan fingerprint density at radius 3 is 2.56 bits per heavy atom. The van der Waals surface area contributed by atoms with Crippen molar-refractivity contribution in [3.8, 4) is 11.4 Å². The lowest BCUT2D eigenvalue weighted by Gasteiger charge is -2.25. The zero-order chi connectivity index (χ0) is 22.3. The SMILES string of the molecule is Cc1ccc(-c2nnc(SCC(=O)N/N=C\c3ccc(Cl)cc3)n2C2CCCCC2)cc1. The number of rotatable bonds is 7. The first kappa shape index (κ1) is 22.6. The van der Waals surface area contributed by atoms with Crippen LogP contribution in [-0.2, 0) is 4.79 Å². The molecule has 0 unspecified atom stereocenters. The summed E-state index contributed by atoms with van der Waals surface area (Å²) >= 11 is 7.28. The molecule has 1 aromatic heterocycles. The van der Waals surface area contributed by atoms with Gasteiger partial charge in [-0.25, -0.2) is 5.43 Å². The zero-order valence-electron chi connectivity index (χ0n) is 18.0. The topological polar surface area (TPSA) is 72.2 Å². The summed E-state index contributed by atoms with van der Waals surface area (Å²) in [5, 5.41) is 14.4. The molecule has 8 heteroatoms. The van der Waals surface area contributed by atoms with Gasteiger partial charge in [-0.2, -0.15) is 5.10 Å². The molecule has 166 valence electrons. The molecule has 0 atom stereocenters. The summed E-state index contributed by atoms with van der Waals surface area (Å²) in [4.78, 5) is 12.3. The van der Waals surface area contributed by atoms with Gasteiger partial charge in [-0.1, -0.05) is 84.6 Å². The lowest BCUT2D eigenvalue weighted by Crippen LogP contribution is -2.20. The van der Waals surface area contributed by atoms with Gasteiger partial charge in [0.1, 0.15) is 0 Å².